The van der Waals surface area contributed by atoms with Crippen molar-refractivity contribution in [2.75, 3.05) is 15.7 Å². The predicted octanol–water partition coefficient (Wildman–Crippen LogP) is 2.51. The molecule has 0 saturated heterocycles. The molecule has 0 spiro atoms. The Morgan fingerprint density at radius 3 is 2.36 bits per heavy atom. The Kier molecular flexibility index (Phi) is 4.23. The standard InChI is InChI=1S/C18H17N3O3S/c1-13-12-20(16-8-4-5-9-17(16)21(13)14(2)22)25(23,24)18-10-6-3-7-15(18)11-19/h3-10,13H,12H2,1-2H3/t13-/m0/s1. The van der Waals surface area contributed by atoms with Crippen LogP contribution >= 0.6 is 0 Å². The highest BCUT2D eigenvalue weighted by Gasteiger charge is 2.37. The molecule has 0 unspecified atom stereocenters. The van der Waals surface area contributed by atoms with Crippen LogP contribution in [0.2, 0.25) is 0 Å². The van der Waals surface area contributed by atoms with Crippen molar-refractivity contribution in [3.63, 3.8) is 0 Å². The van der Waals surface area contributed by atoms with Crippen molar-refractivity contribution in [1.82, 2.24) is 0 Å². The molecule has 0 fully saturated rings. The van der Waals surface area contributed by atoms with Crippen molar-refractivity contribution in [1.29, 1.82) is 5.26 Å². The van der Waals surface area contributed by atoms with E-state index in [1.165, 1.54) is 23.4 Å². The van der Waals surface area contributed by atoms with Gasteiger partial charge >= 0.3 is 0 Å². The Morgan fingerprint density at radius 2 is 1.72 bits per heavy atom. The van der Waals surface area contributed by atoms with E-state index in [2.05, 4.69) is 0 Å². The highest BCUT2D eigenvalue weighted by atomic mass is 32.2. The number of fused-ring (bicyclic) bond motifs is 1. The molecule has 1 aliphatic heterocycles. The maximum atomic E-state index is 13.2. The van der Waals surface area contributed by atoms with E-state index in [1.54, 1.807) is 48.2 Å². The van der Waals surface area contributed by atoms with Gasteiger partial charge in [0.25, 0.3) is 10.0 Å². The third-order valence-corrected chi connectivity index (χ3v) is 6.03. The van der Waals surface area contributed by atoms with E-state index in [0.29, 0.717) is 11.4 Å². The molecule has 0 aliphatic carbocycles. The summed E-state index contributed by atoms with van der Waals surface area (Å²) in [7, 11) is -3.93. The van der Waals surface area contributed by atoms with Gasteiger partial charge in [0, 0.05) is 6.92 Å². The summed E-state index contributed by atoms with van der Waals surface area (Å²) in [5.41, 5.74) is 1.08. The number of carbonyl (C=O) groups is 1. The van der Waals surface area contributed by atoms with Crippen LogP contribution in [0.25, 0.3) is 0 Å². The van der Waals surface area contributed by atoms with Crippen molar-refractivity contribution < 1.29 is 13.2 Å². The molecule has 128 valence electrons. The van der Waals surface area contributed by atoms with Gasteiger partial charge in [-0.15, -0.1) is 0 Å². The molecule has 2 aromatic rings. The average molecular weight is 355 g/mol. The van der Waals surface area contributed by atoms with Crippen molar-refractivity contribution in [3.8, 4) is 6.07 Å². The molecule has 6 nitrogen and oxygen atoms in total. The lowest BCUT2D eigenvalue weighted by molar-refractivity contribution is -0.117. The van der Waals surface area contributed by atoms with Crippen LogP contribution in [0.3, 0.4) is 0 Å². The van der Waals surface area contributed by atoms with Crippen LogP contribution in [0, 0.1) is 11.3 Å². The van der Waals surface area contributed by atoms with E-state index >= 15 is 0 Å². The highest BCUT2D eigenvalue weighted by Crippen LogP contribution is 2.38. The van der Waals surface area contributed by atoms with Crippen molar-refractivity contribution in [3.05, 3.63) is 54.1 Å². The third kappa shape index (κ3) is 2.75. The molecular weight excluding hydrogens is 338 g/mol. The molecule has 0 saturated carbocycles. The number of para-hydroxylation sites is 2. The summed E-state index contributed by atoms with van der Waals surface area (Å²) in [5.74, 6) is -0.144. The van der Waals surface area contributed by atoms with E-state index in [9.17, 15) is 18.5 Å². The quantitative estimate of drug-likeness (QED) is 0.829. The van der Waals surface area contributed by atoms with Gasteiger partial charge < -0.3 is 4.90 Å². The second-order valence-corrected chi connectivity index (χ2v) is 7.70. The predicted molar refractivity (Wildman–Crippen MR) is 94.8 cm³/mol. The number of benzene rings is 2. The van der Waals surface area contributed by atoms with E-state index < -0.39 is 10.0 Å². The molecular formula is C18H17N3O3S. The minimum Gasteiger partial charge on any atom is -0.306 e. The molecule has 1 heterocycles. The molecule has 1 aliphatic rings. The minimum absolute atomic E-state index is 0.0317. The van der Waals surface area contributed by atoms with Gasteiger partial charge in [0.05, 0.1) is 29.5 Å². The monoisotopic (exact) mass is 355 g/mol. The molecule has 3 rings (SSSR count). The number of nitriles is 1. The normalized spacial score (nSPS) is 16.9. The summed E-state index contributed by atoms with van der Waals surface area (Å²) in [6, 6.07) is 14.6. The molecule has 1 atom stereocenters. The fourth-order valence-electron chi connectivity index (χ4n) is 3.15. The second-order valence-electron chi connectivity index (χ2n) is 5.87. The zero-order valence-corrected chi connectivity index (χ0v) is 14.7. The summed E-state index contributed by atoms with van der Waals surface area (Å²) in [6.07, 6.45) is 0. The van der Waals surface area contributed by atoms with Gasteiger partial charge in [0.2, 0.25) is 5.91 Å². The zero-order chi connectivity index (χ0) is 18.2. The Hall–Kier alpha value is -2.85. The SMILES string of the molecule is CC(=O)N1c2ccccc2N(S(=O)(=O)c2ccccc2C#N)C[C@@H]1C. The van der Waals surface area contributed by atoms with Gasteiger partial charge in [-0.3, -0.25) is 9.10 Å². The lowest BCUT2D eigenvalue weighted by Gasteiger charge is -2.41. The molecule has 7 heteroatoms. The summed E-state index contributed by atoms with van der Waals surface area (Å²) in [4.78, 5) is 13.6. The van der Waals surface area contributed by atoms with Crippen LogP contribution < -0.4 is 9.21 Å². The first-order chi connectivity index (χ1) is 11.9. The van der Waals surface area contributed by atoms with Crippen LogP contribution in [0.4, 0.5) is 11.4 Å². The average Bonchev–Trinajstić information content (AvgIpc) is 2.60. The minimum atomic E-state index is -3.93. The molecule has 0 radical (unpaired) electrons. The Morgan fingerprint density at radius 1 is 1.12 bits per heavy atom. The van der Waals surface area contributed by atoms with E-state index in [4.69, 9.17) is 0 Å². The number of rotatable bonds is 2. The van der Waals surface area contributed by atoms with E-state index in [-0.39, 0.29) is 29.0 Å². The topological polar surface area (TPSA) is 81.5 Å². The Labute approximate surface area is 147 Å². The third-order valence-electron chi connectivity index (χ3n) is 4.20. The fraction of sp³-hybridized carbons (Fsp3) is 0.222. The van der Waals surface area contributed by atoms with Crippen LogP contribution in [-0.4, -0.2) is 26.9 Å². The number of amides is 1. The summed E-state index contributed by atoms with van der Waals surface area (Å²) in [5, 5.41) is 9.26. The van der Waals surface area contributed by atoms with Crippen molar-refractivity contribution >= 4 is 27.3 Å². The highest BCUT2D eigenvalue weighted by molar-refractivity contribution is 7.93. The maximum Gasteiger partial charge on any atom is 0.265 e. The number of hydrogen-bond donors (Lipinski definition) is 0. The molecule has 0 N–H and O–H groups in total. The Bertz CT molecular complexity index is 979. The molecule has 0 aromatic heterocycles. The summed E-state index contributed by atoms with van der Waals surface area (Å²) in [6.45, 7) is 3.39. The first kappa shape index (κ1) is 17.0. The van der Waals surface area contributed by atoms with Gasteiger partial charge in [-0.1, -0.05) is 24.3 Å². The summed E-state index contributed by atoms with van der Waals surface area (Å²) >= 11 is 0. The largest absolute Gasteiger partial charge is 0.306 e. The number of sulfonamides is 1. The molecule has 2 aromatic carbocycles. The van der Waals surface area contributed by atoms with Crippen molar-refractivity contribution in [2.24, 2.45) is 0 Å². The van der Waals surface area contributed by atoms with Crippen LogP contribution in [0.5, 0.6) is 0 Å². The lowest BCUT2D eigenvalue weighted by Crippen LogP contribution is -2.51. The lowest BCUT2D eigenvalue weighted by atomic mass is 10.1. The van der Waals surface area contributed by atoms with Crippen LogP contribution in [0.15, 0.2) is 53.4 Å². The van der Waals surface area contributed by atoms with Crippen LogP contribution in [-0.2, 0) is 14.8 Å². The van der Waals surface area contributed by atoms with Gasteiger partial charge in [-0.25, -0.2) is 8.42 Å². The van der Waals surface area contributed by atoms with Gasteiger partial charge in [0.1, 0.15) is 11.0 Å². The van der Waals surface area contributed by atoms with Crippen LogP contribution in [0.1, 0.15) is 19.4 Å². The first-order valence-corrected chi connectivity index (χ1v) is 9.22. The van der Waals surface area contributed by atoms with E-state index in [0.717, 1.165) is 0 Å². The summed E-state index contributed by atoms with van der Waals surface area (Å²) < 4.78 is 27.7. The number of hydrogen-bond acceptors (Lipinski definition) is 4. The molecule has 25 heavy (non-hydrogen) atoms. The number of carbonyl (C=O) groups excluding carboxylic acids is 1. The Balaban J connectivity index is 2.19. The van der Waals surface area contributed by atoms with Gasteiger partial charge in [-0.2, -0.15) is 5.26 Å². The first-order valence-electron chi connectivity index (χ1n) is 7.78. The molecule has 0 bridgehead atoms. The smallest absolute Gasteiger partial charge is 0.265 e. The number of nitrogens with zero attached hydrogens (tertiary/aromatic N) is 3. The van der Waals surface area contributed by atoms with E-state index in [1.807, 2.05) is 6.07 Å². The zero-order valence-electron chi connectivity index (χ0n) is 13.9. The van der Waals surface area contributed by atoms with Gasteiger partial charge in [0.15, 0.2) is 0 Å². The fourth-order valence-corrected chi connectivity index (χ4v) is 4.85. The number of anilines is 2. The maximum absolute atomic E-state index is 13.2. The second kappa shape index (κ2) is 6.22. The molecule has 1 amide bonds. The van der Waals surface area contributed by atoms with Gasteiger partial charge in [-0.05, 0) is 31.2 Å². The van der Waals surface area contributed by atoms with Crippen molar-refractivity contribution in [2.45, 2.75) is 24.8 Å².